The fourth-order valence-corrected chi connectivity index (χ4v) is 4.01. The average molecular weight is 451 g/mol. The highest BCUT2D eigenvalue weighted by Crippen LogP contribution is 2.27. The number of aromatic nitrogens is 2. The quantitative estimate of drug-likeness (QED) is 0.455. The van der Waals surface area contributed by atoms with Crippen molar-refractivity contribution in [2.75, 3.05) is 20.3 Å². The summed E-state index contributed by atoms with van der Waals surface area (Å²) in [5.74, 6) is 0.349. The van der Waals surface area contributed by atoms with Crippen molar-refractivity contribution in [3.05, 3.63) is 77.1 Å². The monoisotopic (exact) mass is 450 g/mol. The van der Waals surface area contributed by atoms with Gasteiger partial charge in [-0.3, -0.25) is 0 Å². The molecule has 32 heavy (non-hydrogen) atoms. The Morgan fingerprint density at radius 3 is 2.59 bits per heavy atom. The number of ether oxygens (including phenoxy) is 2. The Morgan fingerprint density at radius 1 is 1.16 bits per heavy atom. The molecule has 4 rings (SSSR count). The van der Waals surface area contributed by atoms with Crippen LogP contribution in [0.2, 0.25) is 0 Å². The number of fused-ring (bicyclic) bond motifs is 1. The smallest absolute Gasteiger partial charge is 0.359 e. The first kappa shape index (κ1) is 21.8. The number of carbonyl (C=O) groups is 1. The Labute approximate surface area is 192 Å². The lowest BCUT2D eigenvalue weighted by molar-refractivity contribution is 0.0517. The molecule has 0 saturated carbocycles. The third-order valence-electron chi connectivity index (χ3n) is 5.42. The van der Waals surface area contributed by atoms with Crippen LogP contribution in [0.25, 0.3) is 5.69 Å². The molecule has 0 unspecified atom stereocenters. The lowest BCUT2D eigenvalue weighted by atomic mass is 10.1. The van der Waals surface area contributed by atoms with Crippen molar-refractivity contribution in [1.82, 2.24) is 20.0 Å². The van der Waals surface area contributed by atoms with Crippen molar-refractivity contribution in [3.63, 3.8) is 0 Å². The second kappa shape index (κ2) is 9.82. The molecular formula is C24H26N4O3S. The summed E-state index contributed by atoms with van der Waals surface area (Å²) in [7, 11) is 1.63. The van der Waals surface area contributed by atoms with Crippen LogP contribution in [-0.4, -0.2) is 46.0 Å². The normalized spacial score (nSPS) is 12.8. The van der Waals surface area contributed by atoms with Crippen LogP contribution in [0.15, 0.2) is 54.6 Å². The van der Waals surface area contributed by atoms with Gasteiger partial charge in [-0.1, -0.05) is 30.3 Å². The zero-order valence-corrected chi connectivity index (χ0v) is 19.0. The van der Waals surface area contributed by atoms with E-state index in [9.17, 15) is 4.79 Å². The zero-order chi connectivity index (χ0) is 22.5. The standard InChI is InChI=1S/C24H26N4O3S/c1-3-31-23(29)22-20-16-27(24(32)25-15-17-7-5-4-6-8-17)14-13-21(20)28(26-22)18-9-11-19(30-2)12-10-18/h4-12H,3,13-16H2,1-2H3,(H,25,32). The molecule has 2 aromatic carbocycles. The number of hydrogen-bond acceptors (Lipinski definition) is 5. The summed E-state index contributed by atoms with van der Waals surface area (Å²) in [4.78, 5) is 14.7. The van der Waals surface area contributed by atoms with Crippen LogP contribution in [0.3, 0.4) is 0 Å². The van der Waals surface area contributed by atoms with Gasteiger partial charge < -0.3 is 19.7 Å². The van der Waals surface area contributed by atoms with Crippen LogP contribution < -0.4 is 10.1 Å². The van der Waals surface area contributed by atoms with E-state index >= 15 is 0 Å². The zero-order valence-electron chi connectivity index (χ0n) is 18.2. The van der Waals surface area contributed by atoms with E-state index in [1.807, 2.05) is 47.1 Å². The van der Waals surface area contributed by atoms with Gasteiger partial charge in [0, 0.05) is 31.6 Å². The van der Waals surface area contributed by atoms with Crippen molar-refractivity contribution in [3.8, 4) is 11.4 Å². The molecule has 0 bridgehead atoms. The summed E-state index contributed by atoms with van der Waals surface area (Å²) >= 11 is 5.65. The molecule has 0 radical (unpaired) electrons. The number of nitrogens with one attached hydrogen (secondary N) is 1. The molecule has 0 aliphatic carbocycles. The largest absolute Gasteiger partial charge is 0.497 e. The first-order valence-corrected chi connectivity index (χ1v) is 11.0. The molecule has 166 valence electrons. The molecule has 2 heterocycles. The molecule has 1 N–H and O–H groups in total. The van der Waals surface area contributed by atoms with Gasteiger partial charge in [0.15, 0.2) is 10.8 Å². The number of thiocarbonyl (C=S) groups is 1. The Morgan fingerprint density at radius 2 is 1.91 bits per heavy atom. The summed E-state index contributed by atoms with van der Waals surface area (Å²) in [5.41, 5.74) is 4.23. The molecular weight excluding hydrogens is 424 g/mol. The molecule has 0 atom stereocenters. The van der Waals surface area contributed by atoms with Crippen LogP contribution in [0.4, 0.5) is 0 Å². The van der Waals surface area contributed by atoms with E-state index < -0.39 is 5.97 Å². The number of methoxy groups -OCH3 is 1. The predicted molar refractivity (Wildman–Crippen MR) is 126 cm³/mol. The molecule has 7 nitrogen and oxygen atoms in total. The number of benzene rings is 2. The lowest BCUT2D eigenvalue weighted by Crippen LogP contribution is -2.42. The Hall–Kier alpha value is -3.39. The van der Waals surface area contributed by atoms with E-state index in [0.29, 0.717) is 36.9 Å². The molecule has 0 fully saturated rings. The van der Waals surface area contributed by atoms with E-state index in [1.54, 1.807) is 14.0 Å². The van der Waals surface area contributed by atoms with Gasteiger partial charge in [0.2, 0.25) is 0 Å². The molecule has 1 aliphatic heterocycles. The summed E-state index contributed by atoms with van der Waals surface area (Å²) in [6.45, 7) is 3.97. The maximum atomic E-state index is 12.7. The van der Waals surface area contributed by atoms with Crippen LogP contribution in [0.5, 0.6) is 5.75 Å². The minimum atomic E-state index is -0.416. The van der Waals surface area contributed by atoms with Gasteiger partial charge in [-0.25, -0.2) is 9.48 Å². The Balaban J connectivity index is 1.58. The fourth-order valence-electron chi connectivity index (χ4n) is 3.78. The Bertz CT molecular complexity index is 1100. The van der Waals surface area contributed by atoms with Gasteiger partial charge in [-0.15, -0.1) is 0 Å². The SMILES string of the molecule is CCOC(=O)c1nn(-c2ccc(OC)cc2)c2c1CN(C(=S)NCc1ccccc1)CC2. The first-order chi connectivity index (χ1) is 15.6. The molecule has 1 aromatic heterocycles. The van der Waals surface area contributed by atoms with Crippen molar-refractivity contribution in [2.45, 2.75) is 26.4 Å². The second-order valence-corrected chi connectivity index (χ2v) is 7.81. The van der Waals surface area contributed by atoms with E-state index in [-0.39, 0.29) is 0 Å². The summed E-state index contributed by atoms with van der Waals surface area (Å²) in [6.07, 6.45) is 0.709. The van der Waals surface area contributed by atoms with Crippen LogP contribution in [-0.2, 0) is 24.2 Å². The van der Waals surface area contributed by atoms with E-state index in [2.05, 4.69) is 27.4 Å². The molecule has 0 spiro atoms. The second-order valence-electron chi connectivity index (χ2n) is 7.42. The number of carbonyl (C=O) groups excluding carboxylic acids is 1. The van der Waals surface area contributed by atoms with Gasteiger partial charge in [0.25, 0.3) is 0 Å². The van der Waals surface area contributed by atoms with Gasteiger partial charge in [-0.05, 0) is 49.0 Å². The number of esters is 1. The number of rotatable bonds is 6. The minimum absolute atomic E-state index is 0.295. The molecule has 1 aliphatic rings. The van der Waals surface area contributed by atoms with E-state index in [4.69, 9.17) is 21.7 Å². The minimum Gasteiger partial charge on any atom is -0.497 e. The molecule has 0 saturated heterocycles. The van der Waals surface area contributed by atoms with Gasteiger partial charge in [0.1, 0.15) is 5.75 Å². The molecule has 3 aromatic rings. The summed E-state index contributed by atoms with van der Waals surface area (Å²) in [5, 5.41) is 8.62. The summed E-state index contributed by atoms with van der Waals surface area (Å²) in [6, 6.07) is 17.7. The van der Waals surface area contributed by atoms with Crippen LogP contribution in [0.1, 0.15) is 34.2 Å². The van der Waals surface area contributed by atoms with Crippen molar-refractivity contribution >= 4 is 23.3 Å². The van der Waals surface area contributed by atoms with Gasteiger partial charge in [0.05, 0.1) is 25.1 Å². The van der Waals surface area contributed by atoms with Gasteiger partial charge in [-0.2, -0.15) is 5.10 Å². The number of hydrogen-bond donors (Lipinski definition) is 1. The van der Waals surface area contributed by atoms with Crippen LogP contribution >= 0.6 is 12.2 Å². The third kappa shape index (κ3) is 4.60. The number of nitrogens with zero attached hydrogens (tertiary/aromatic N) is 3. The van der Waals surface area contributed by atoms with Crippen LogP contribution in [0, 0.1) is 0 Å². The predicted octanol–water partition coefficient (Wildman–Crippen LogP) is 3.49. The third-order valence-corrected chi connectivity index (χ3v) is 5.82. The van der Waals surface area contributed by atoms with Crippen molar-refractivity contribution in [2.24, 2.45) is 0 Å². The maximum absolute atomic E-state index is 12.7. The lowest BCUT2D eigenvalue weighted by Gasteiger charge is -2.30. The highest BCUT2D eigenvalue weighted by molar-refractivity contribution is 7.80. The van der Waals surface area contributed by atoms with Crippen molar-refractivity contribution in [1.29, 1.82) is 0 Å². The average Bonchev–Trinajstić information content (AvgIpc) is 3.22. The first-order valence-electron chi connectivity index (χ1n) is 10.6. The van der Waals surface area contributed by atoms with E-state index in [0.717, 1.165) is 34.8 Å². The topological polar surface area (TPSA) is 68.6 Å². The molecule has 8 heteroatoms. The van der Waals surface area contributed by atoms with Gasteiger partial charge >= 0.3 is 5.97 Å². The fraction of sp³-hybridized carbons (Fsp3) is 0.292. The van der Waals surface area contributed by atoms with Crippen molar-refractivity contribution < 1.29 is 14.3 Å². The highest BCUT2D eigenvalue weighted by atomic mass is 32.1. The van der Waals surface area contributed by atoms with E-state index in [1.165, 1.54) is 0 Å². The maximum Gasteiger partial charge on any atom is 0.359 e. The summed E-state index contributed by atoms with van der Waals surface area (Å²) < 4.78 is 12.4. The molecule has 0 amide bonds. The highest BCUT2D eigenvalue weighted by Gasteiger charge is 2.30. The Kier molecular flexibility index (Phi) is 6.70.